The molecule has 0 saturated carbocycles. The molecule has 0 bridgehead atoms. The van der Waals surface area contributed by atoms with E-state index in [0.717, 1.165) is 29.6 Å². The lowest BCUT2D eigenvalue weighted by molar-refractivity contribution is 0.0761. The zero-order valence-corrected chi connectivity index (χ0v) is 15.3. The number of hydrogen-bond acceptors (Lipinski definition) is 2. The third-order valence-corrected chi connectivity index (χ3v) is 4.90. The monoisotopic (exact) mass is 408 g/mol. The predicted molar refractivity (Wildman–Crippen MR) is 96.3 cm³/mol. The molecule has 1 amide bonds. The zero-order valence-electron chi connectivity index (χ0n) is 13.7. The molecule has 0 unspecified atom stereocenters. The molecule has 1 aliphatic heterocycles. The van der Waals surface area contributed by atoms with Crippen LogP contribution in [0.15, 0.2) is 46.9 Å². The Morgan fingerprint density at radius 1 is 1.00 bits per heavy atom. The van der Waals surface area contributed by atoms with Gasteiger partial charge in [0, 0.05) is 48.3 Å². The molecule has 6 heteroatoms. The number of halogens is 3. The number of carbonyl (C=O) groups excluding carboxylic acids is 1. The van der Waals surface area contributed by atoms with Gasteiger partial charge < -0.3 is 4.90 Å². The van der Waals surface area contributed by atoms with Gasteiger partial charge in [0.1, 0.15) is 11.6 Å². The summed E-state index contributed by atoms with van der Waals surface area (Å²) >= 11 is 3.36. The Kier molecular flexibility index (Phi) is 5.81. The Labute approximate surface area is 154 Å². The van der Waals surface area contributed by atoms with Crippen molar-refractivity contribution in [2.24, 2.45) is 0 Å². The summed E-state index contributed by atoms with van der Waals surface area (Å²) in [6.07, 6.45) is 0.805. The molecule has 0 radical (unpaired) electrons. The van der Waals surface area contributed by atoms with Crippen molar-refractivity contribution in [1.29, 1.82) is 0 Å². The highest BCUT2D eigenvalue weighted by Crippen LogP contribution is 2.16. The van der Waals surface area contributed by atoms with Gasteiger partial charge in [-0.05, 0) is 48.9 Å². The Balaban J connectivity index is 1.63. The fourth-order valence-corrected chi connectivity index (χ4v) is 3.28. The molecule has 1 fully saturated rings. The largest absolute Gasteiger partial charge is 0.337 e. The molecule has 132 valence electrons. The fourth-order valence-electron chi connectivity index (χ4n) is 3.01. The molecule has 0 aromatic heterocycles. The topological polar surface area (TPSA) is 23.6 Å². The van der Waals surface area contributed by atoms with Crippen molar-refractivity contribution in [3.05, 3.63) is 69.7 Å². The van der Waals surface area contributed by atoms with Crippen LogP contribution < -0.4 is 0 Å². The molecule has 3 rings (SSSR count). The maximum Gasteiger partial charge on any atom is 0.253 e. The lowest BCUT2D eigenvalue weighted by Gasteiger charge is -2.22. The molecule has 0 aliphatic carbocycles. The second kappa shape index (κ2) is 8.06. The quantitative estimate of drug-likeness (QED) is 0.763. The summed E-state index contributed by atoms with van der Waals surface area (Å²) in [6.45, 7) is 2.98. The van der Waals surface area contributed by atoms with Crippen molar-refractivity contribution in [2.75, 3.05) is 26.2 Å². The number of hydrogen-bond donors (Lipinski definition) is 0. The van der Waals surface area contributed by atoms with E-state index in [4.69, 9.17) is 0 Å². The van der Waals surface area contributed by atoms with Gasteiger partial charge in [-0.15, -0.1) is 0 Å². The number of rotatable bonds is 3. The Hall–Kier alpha value is -1.79. The van der Waals surface area contributed by atoms with Crippen molar-refractivity contribution in [1.82, 2.24) is 9.80 Å². The standard InChI is InChI=1S/C19H19BrF2N2O/c20-16-4-2-14(3-5-16)19(25)24-9-1-8-23(10-11-24)13-15-12-17(21)6-7-18(15)22/h2-7,12H,1,8-11,13H2. The molecule has 2 aromatic carbocycles. The first-order valence-electron chi connectivity index (χ1n) is 8.24. The highest BCUT2D eigenvalue weighted by atomic mass is 79.9. The summed E-state index contributed by atoms with van der Waals surface area (Å²) in [6, 6.07) is 10.8. The van der Waals surface area contributed by atoms with Gasteiger partial charge in [-0.2, -0.15) is 0 Å². The second-order valence-corrected chi connectivity index (χ2v) is 7.08. The van der Waals surface area contributed by atoms with Crippen molar-refractivity contribution in [2.45, 2.75) is 13.0 Å². The number of carbonyl (C=O) groups is 1. The van der Waals surface area contributed by atoms with Crippen LogP contribution >= 0.6 is 15.9 Å². The van der Waals surface area contributed by atoms with Crippen LogP contribution in [0.4, 0.5) is 8.78 Å². The maximum atomic E-state index is 13.8. The van der Waals surface area contributed by atoms with E-state index in [9.17, 15) is 13.6 Å². The van der Waals surface area contributed by atoms with Crippen LogP contribution in [0.5, 0.6) is 0 Å². The molecule has 0 atom stereocenters. The zero-order chi connectivity index (χ0) is 17.8. The SMILES string of the molecule is O=C(c1ccc(Br)cc1)N1CCCN(Cc2cc(F)ccc2F)CC1. The fraction of sp³-hybridized carbons (Fsp3) is 0.316. The summed E-state index contributed by atoms with van der Waals surface area (Å²) in [5, 5.41) is 0. The van der Waals surface area contributed by atoms with Crippen molar-refractivity contribution >= 4 is 21.8 Å². The molecule has 1 heterocycles. The molecular formula is C19H19BrF2N2O. The minimum atomic E-state index is -0.432. The van der Waals surface area contributed by atoms with E-state index in [0.29, 0.717) is 37.3 Å². The molecule has 25 heavy (non-hydrogen) atoms. The van der Waals surface area contributed by atoms with Gasteiger partial charge in [0.15, 0.2) is 0 Å². The van der Waals surface area contributed by atoms with Gasteiger partial charge >= 0.3 is 0 Å². The van der Waals surface area contributed by atoms with Crippen molar-refractivity contribution in [3.8, 4) is 0 Å². The summed E-state index contributed by atoms with van der Waals surface area (Å²) in [5.74, 6) is -0.821. The van der Waals surface area contributed by atoms with E-state index in [1.54, 1.807) is 12.1 Å². The minimum absolute atomic E-state index is 0.00582. The number of benzene rings is 2. The van der Waals surface area contributed by atoms with E-state index in [-0.39, 0.29) is 5.91 Å². The third kappa shape index (κ3) is 4.64. The van der Waals surface area contributed by atoms with Crippen molar-refractivity contribution in [3.63, 3.8) is 0 Å². The number of nitrogens with zero attached hydrogens (tertiary/aromatic N) is 2. The average Bonchev–Trinajstić information content (AvgIpc) is 2.84. The molecular weight excluding hydrogens is 390 g/mol. The Morgan fingerprint density at radius 2 is 1.76 bits per heavy atom. The van der Waals surface area contributed by atoms with Gasteiger partial charge in [0.25, 0.3) is 5.91 Å². The smallest absolute Gasteiger partial charge is 0.253 e. The van der Waals surface area contributed by atoms with Gasteiger partial charge in [-0.3, -0.25) is 9.69 Å². The predicted octanol–water partition coefficient (Wildman–Crippen LogP) is 4.08. The lowest BCUT2D eigenvalue weighted by Crippen LogP contribution is -2.35. The van der Waals surface area contributed by atoms with Crippen LogP contribution in [0, 0.1) is 11.6 Å². The van der Waals surface area contributed by atoms with Crippen LogP contribution in [0.1, 0.15) is 22.3 Å². The van der Waals surface area contributed by atoms with Crippen LogP contribution in [0.3, 0.4) is 0 Å². The summed E-state index contributed by atoms with van der Waals surface area (Å²) in [4.78, 5) is 16.5. The van der Waals surface area contributed by atoms with E-state index < -0.39 is 11.6 Å². The van der Waals surface area contributed by atoms with Gasteiger partial charge in [-0.25, -0.2) is 8.78 Å². The first-order valence-corrected chi connectivity index (χ1v) is 9.03. The van der Waals surface area contributed by atoms with Crippen molar-refractivity contribution < 1.29 is 13.6 Å². The Morgan fingerprint density at radius 3 is 2.52 bits per heavy atom. The molecule has 2 aromatic rings. The Bertz CT molecular complexity index is 752. The van der Waals surface area contributed by atoms with Crippen LogP contribution in [-0.4, -0.2) is 41.9 Å². The van der Waals surface area contributed by atoms with Gasteiger partial charge in [0.05, 0.1) is 0 Å². The first kappa shape index (κ1) is 18.0. The summed E-state index contributed by atoms with van der Waals surface area (Å²) in [5.41, 5.74) is 1.01. The normalized spacial score (nSPS) is 15.9. The van der Waals surface area contributed by atoms with E-state index >= 15 is 0 Å². The highest BCUT2D eigenvalue weighted by molar-refractivity contribution is 9.10. The molecule has 1 aliphatic rings. The van der Waals surface area contributed by atoms with Gasteiger partial charge in [-0.1, -0.05) is 15.9 Å². The first-order chi connectivity index (χ1) is 12.0. The summed E-state index contributed by atoms with van der Waals surface area (Å²) in [7, 11) is 0. The molecule has 1 saturated heterocycles. The van der Waals surface area contributed by atoms with E-state index in [1.165, 1.54) is 6.07 Å². The van der Waals surface area contributed by atoms with Crippen LogP contribution in [-0.2, 0) is 6.54 Å². The average molecular weight is 409 g/mol. The van der Waals surface area contributed by atoms with Crippen LogP contribution in [0.2, 0.25) is 0 Å². The van der Waals surface area contributed by atoms with Gasteiger partial charge in [0.2, 0.25) is 0 Å². The van der Waals surface area contributed by atoms with Crippen LogP contribution in [0.25, 0.3) is 0 Å². The lowest BCUT2D eigenvalue weighted by atomic mass is 10.2. The van der Waals surface area contributed by atoms with E-state index in [2.05, 4.69) is 20.8 Å². The number of amides is 1. The van der Waals surface area contributed by atoms with E-state index in [1.807, 2.05) is 17.0 Å². The second-order valence-electron chi connectivity index (χ2n) is 6.16. The summed E-state index contributed by atoms with van der Waals surface area (Å²) < 4.78 is 28.1. The highest BCUT2D eigenvalue weighted by Gasteiger charge is 2.21. The third-order valence-electron chi connectivity index (χ3n) is 4.37. The maximum absolute atomic E-state index is 13.8. The molecule has 0 spiro atoms. The minimum Gasteiger partial charge on any atom is -0.337 e. The molecule has 3 nitrogen and oxygen atoms in total. The molecule has 0 N–H and O–H groups in total.